The van der Waals surface area contributed by atoms with E-state index < -0.39 is 11.7 Å². The zero-order valence-electron chi connectivity index (χ0n) is 14.7. The second-order valence-electron chi connectivity index (χ2n) is 5.65. The summed E-state index contributed by atoms with van der Waals surface area (Å²) in [5, 5.41) is 3.76. The second-order valence-corrected chi connectivity index (χ2v) is 7.15. The lowest BCUT2D eigenvalue weighted by Crippen LogP contribution is -2.30. The highest BCUT2D eigenvalue weighted by Crippen LogP contribution is 2.33. The summed E-state index contributed by atoms with van der Waals surface area (Å²) in [5.41, 5.74) is 0.0604. The summed E-state index contributed by atoms with van der Waals surface area (Å²) in [5.74, 6) is 0.0548. The molecular weight excluding hydrogens is 392 g/mol. The average Bonchev–Trinajstić information content (AvgIpc) is 3.04. The zero-order valence-corrected chi connectivity index (χ0v) is 16.2. The highest BCUT2D eigenvalue weighted by Gasteiger charge is 2.18. The molecule has 0 fully saturated rings. The molecule has 1 aromatic carbocycles. The summed E-state index contributed by atoms with van der Waals surface area (Å²) in [7, 11) is 3.05. The monoisotopic (exact) mass is 406 g/mol. The van der Waals surface area contributed by atoms with Gasteiger partial charge < -0.3 is 14.5 Å². The number of rotatable bonds is 4. The van der Waals surface area contributed by atoms with E-state index in [0.717, 1.165) is 0 Å². The fourth-order valence-electron chi connectivity index (χ4n) is 2.38. The zero-order chi connectivity index (χ0) is 19.7. The van der Waals surface area contributed by atoms with Gasteiger partial charge in [-0.25, -0.2) is 9.59 Å². The van der Waals surface area contributed by atoms with Crippen molar-refractivity contribution < 1.29 is 18.7 Å². The fourth-order valence-corrected chi connectivity index (χ4v) is 3.53. The van der Waals surface area contributed by atoms with E-state index in [0.29, 0.717) is 31.7 Å². The topological polar surface area (TPSA) is 88.8 Å². The SMILES string of the molecule is COc1cc(Cl)ccc1NC(=O)N(C)c1cc2oc(=O)c(C(C)=O)cc2s1. The van der Waals surface area contributed by atoms with Crippen LogP contribution in [-0.4, -0.2) is 26.0 Å². The number of Topliss-reactive ketones (excluding diaryl/α,β-unsaturated/α-hetero) is 1. The third kappa shape index (κ3) is 3.81. The van der Waals surface area contributed by atoms with Crippen molar-refractivity contribution in [3.8, 4) is 5.75 Å². The Hall–Kier alpha value is -2.84. The molecule has 140 valence electrons. The summed E-state index contributed by atoms with van der Waals surface area (Å²) in [6, 6.07) is 7.49. The number of anilines is 2. The Kier molecular flexibility index (Phi) is 5.20. The number of nitrogens with one attached hydrogen (secondary N) is 1. The van der Waals surface area contributed by atoms with Crippen LogP contribution >= 0.6 is 22.9 Å². The molecule has 0 saturated heterocycles. The second kappa shape index (κ2) is 7.42. The smallest absolute Gasteiger partial charge is 0.347 e. The minimum absolute atomic E-state index is 0.0195. The molecule has 3 rings (SSSR count). The van der Waals surface area contributed by atoms with Gasteiger partial charge in [-0.05, 0) is 25.1 Å². The first-order valence-electron chi connectivity index (χ1n) is 7.77. The molecule has 0 atom stereocenters. The molecule has 0 aliphatic carbocycles. The molecule has 0 bridgehead atoms. The van der Waals surface area contributed by atoms with Crippen LogP contribution in [0.3, 0.4) is 0 Å². The number of urea groups is 1. The van der Waals surface area contributed by atoms with E-state index in [1.54, 1.807) is 31.3 Å². The van der Waals surface area contributed by atoms with Crippen molar-refractivity contribution in [1.82, 2.24) is 0 Å². The first-order valence-corrected chi connectivity index (χ1v) is 8.96. The van der Waals surface area contributed by atoms with E-state index in [4.69, 9.17) is 20.8 Å². The number of hydrogen-bond acceptors (Lipinski definition) is 6. The molecule has 7 nitrogen and oxygen atoms in total. The number of methoxy groups -OCH3 is 1. The molecular formula is C18H15ClN2O5S. The molecule has 0 saturated carbocycles. The quantitative estimate of drug-likeness (QED) is 0.649. The Morgan fingerprint density at radius 1 is 1.26 bits per heavy atom. The molecule has 9 heteroatoms. The van der Waals surface area contributed by atoms with Crippen molar-refractivity contribution in [1.29, 1.82) is 0 Å². The van der Waals surface area contributed by atoms with E-state index in [9.17, 15) is 14.4 Å². The van der Waals surface area contributed by atoms with Gasteiger partial charge in [-0.3, -0.25) is 9.69 Å². The van der Waals surface area contributed by atoms with Gasteiger partial charge in [-0.1, -0.05) is 11.6 Å². The normalized spacial score (nSPS) is 10.7. The van der Waals surface area contributed by atoms with E-state index in [1.165, 1.54) is 36.3 Å². The van der Waals surface area contributed by atoms with Gasteiger partial charge in [-0.15, -0.1) is 11.3 Å². The van der Waals surface area contributed by atoms with Gasteiger partial charge in [0, 0.05) is 24.2 Å². The molecule has 2 amide bonds. The maximum absolute atomic E-state index is 12.6. The number of benzene rings is 1. The Morgan fingerprint density at radius 2 is 2.00 bits per heavy atom. The minimum atomic E-state index is -0.697. The number of fused-ring (bicyclic) bond motifs is 1. The maximum Gasteiger partial charge on any atom is 0.347 e. The van der Waals surface area contributed by atoms with Crippen molar-refractivity contribution in [2.45, 2.75) is 6.92 Å². The predicted molar refractivity (Wildman–Crippen MR) is 106 cm³/mol. The van der Waals surface area contributed by atoms with E-state index >= 15 is 0 Å². The van der Waals surface area contributed by atoms with E-state index in [-0.39, 0.29) is 11.3 Å². The highest BCUT2D eigenvalue weighted by atomic mass is 35.5. The lowest BCUT2D eigenvalue weighted by Gasteiger charge is -2.17. The Morgan fingerprint density at radius 3 is 2.67 bits per heavy atom. The Balaban J connectivity index is 1.89. The summed E-state index contributed by atoms with van der Waals surface area (Å²) in [6.07, 6.45) is 0. The van der Waals surface area contributed by atoms with Crippen LogP contribution < -0.4 is 20.6 Å². The molecule has 0 aliphatic rings. The van der Waals surface area contributed by atoms with Crippen LogP contribution in [-0.2, 0) is 0 Å². The molecule has 3 aromatic rings. The molecule has 0 aliphatic heterocycles. The number of ketones is 1. The van der Waals surface area contributed by atoms with Crippen molar-refractivity contribution in [2.75, 3.05) is 24.4 Å². The van der Waals surface area contributed by atoms with Gasteiger partial charge in [0.15, 0.2) is 11.4 Å². The van der Waals surface area contributed by atoms with Crippen LogP contribution in [0.4, 0.5) is 15.5 Å². The highest BCUT2D eigenvalue weighted by molar-refractivity contribution is 7.22. The van der Waals surface area contributed by atoms with Crippen LogP contribution in [0.2, 0.25) is 5.02 Å². The summed E-state index contributed by atoms with van der Waals surface area (Å²) >= 11 is 7.15. The molecule has 27 heavy (non-hydrogen) atoms. The van der Waals surface area contributed by atoms with Crippen LogP contribution in [0.15, 0.2) is 39.5 Å². The first kappa shape index (κ1) is 18.9. The lowest BCUT2D eigenvalue weighted by atomic mass is 10.2. The number of amides is 2. The first-order chi connectivity index (χ1) is 12.8. The third-order valence-corrected chi connectivity index (χ3v) is 5.20. The number of nitrogens with zero attached hydrogens (tertiary/aromatic N) is 1. The standard InChI is InChI=1S/C18H15ClN2O5S/c1-9(22)11-7-15-14(26-17(11)23)8-16(27-15)21(2)18(24)20-12-5-4-10(19)6-13(12)25-3/h4-8H,1-3H3,(H,20,24). The predicted octanol–water partition coefficient (Wildman–Crippen LogP) is 4.39. The molecule has 1 N–H and O–H groups in total. The van der Waals surface area contributed by atoms with Crippen molar-refractivity contribution >= 4 is 55.7 Å². The number of hydrogen-bond donors (Lipinski definition) is 1. The van der Waals surface area contributed by atoms with E-state index in [1.807, 2.05) is 0 Å². The van der Waals surface area contributed by atoms with Gasteiger partial charge in [0.05, 0.1) is 17.5 Å². The minimum Gasteiger partial charge on any atom is -0.495 e. The summed E-state index contributed by atoms with van der Waals surface area (Å²) < 4.78 is 11.0. The van der Waals surface area contributed by atoms with Gasteiger partial charge in [-0.2, -0.15) is 0 Å². The van der Waals surface area contributed by atoms with Crippen molar-refractivity contribution in [3.63, 3.8) is 0 Å². The van der Waals surface area contributed by atoms with Crippen molar-refractivity contribution in [3.05, 3.63) is 51.3 Å². The van der Waals surface area contributed by atoms with E-state index in [2.05, 4.69) is 5.32 Å². The summed E-state index contributed by atoms with van der Waals surface area (Å²) in [4.78, 5) is 37.3. The largest absolute Gasteiger partial charge is 0.495 e. The van der Waals surface area contributed by atoms with Crippen LogP contribution in [0, 0.1) is 0 Å². The number of carbonyl (C=O) groups excluding carboxylic acids is 2. The molecule has 0 radical (unpaired) electrons. The van der Waals surface area contributed by atoms with Gasteiger partial charge in [0.1, 0.15) is 16.3 Å². The Labute approximate surface area is 163 Å². The molecule has 0 spiro atoms. The van der Waals surface area contributed by atoms with Gasteiger partial charge >= 0.3 is 11.7 Å². The van der Waals surface area contributed by atoms with Gasteiger partial charge in [0.2, 0.25) is 0 Å². The average molecular weight is 407 g/mol. The van der Waals surface area contributed by atoms with Gasteiger partial charge in [0.25, 0.3) is 0 Å². The molecule has 2 aromatic heterocycles. The number of ether oxygens (including phenoxy) is 1. The van der Waals surface area contributed by atoms with Crippen LogP contribution in [0.1, 0.15) is 17.3 Å². The lowest BCUT2D eigenvalue weighted by molar-refractivity contribution is 0.101. The maximum atomic E-state index is 12.6. The van der Waals surface area contributed by atoms with Crippen LogP contribution in [0.5, 0.6) is 5.75 Å². The number of halogens is 1. The number of thiophene rings is 1. The fraction of sp³-hybridized carbons (Fsp3) is 0.167. The summed E-state index contributed by atoms with van der Waals surface area (Å²) in [6.45, 7) is 1.30. The molecule has 2 heterocycles. The number of carbonyl (C=O) groups is 2. The third-order valence-electron chi connectivity index (χ3n) is 3.83. The van der Waals surface area contributed by atoms with Crippen molar-refractivity contribution in [2.24, 2.45) is 0 Å². The Bertz CT molecular complexity index is 1100. The van der Waals surface area contributed by atoms with Crippen LogP contribution in [0.25, 0.3) is 10.3 Å². The molecule has 0 unspecified atom stereocenters.